The molecule has 0 saturated carbocycles. The van der Waals surface area contributed by atoms with E-state index in [-0.39, 0.29) is 18.4 Å². The highest BCUT2D eigenvalue weighted by atomic mass is 35.5. The van der Waals surface area contributed by atoms with E-state index in [4.69, 9.17) is 0 Å². The summed E-state index contributed by atoms with van der Waals surface area (Å²) in [5.74, 6) is 0. The molecule has 4 nitrogen and oxygen atoms in total. The van der Waals surface area contributed by atoms with Gasteiger partial charge >= 0.3 is 6.03 Å². The van der Waals surface area contributed by atoms with Crippen LogP contribution in [0.2, 0.25) is 0 Å². The van der Waals surface area contributed by atoms with E-state index in [1.54, 1.807) is 6.20 Å². The van der Waals surface area contributed by atoms with Gasteiger partial charge in [-0.05, 0) is 56.2 Å². The van der Waals surface area contributed by atoms with Crippen LogP contribution in [0.5, 0.6) is 0 Å². The smallest absolute Gasteiger partial charge is 0.323 e. The van der Waals surface area contributed by atoms with Gasteiger partial charge in [0.05, 0.1) is 0 Å². The monoisotopic (exact) mass is 358 g/mol. The molecule has 0 spiro atoms. The minimum absolute atomic E-state index is 0. The van der Waals surface area contributed by atoms with Gasteiger partial charge in [0.2, 0.25) is 0 Å². The molecule has 2 aromatic rings. The van der Waals surface area contributed by atoms with Crippen LogP contribution in [-0.4, -0.2) is 19.1 Å². The first-order valence-corrected chi connectivity index (χ1v) is 8.28. The highest BCUT2D eigenvalue weighted by Crippen LogP contribution is 2.22. The maximum Gasteiger partial charge on any atom is 0.323 e. The fraction of sp³-hybridized carbons (Fsp3) is 0.250. The molecule has 2 aromatic carbocycles. The van der Waals surface area contributed by atoms with E-state index in [1.807, 2.05) is 55.5 Å². The zero-order chi connectivity index (χ0) is 17.4. The van der Waals surface area contributed by atoms with Crippen LogP contribution in [0.4, 0.5) is 16.2 Å². The number of hydrogen-bond donors (Lipinski definition) is 2. The predicted octanol–water partition coefficient (Wildman–Crippen LogP) is 1.64. The SMILES string of the molecule is CCN(CC)c1ccc(NC(=O)N/C=C/c2ccccc2)c(C)c1.[Cl-]. The molecule has 2 N–H and O–H groups in total. The number of aryl methyl sites for hydroxylation is 1. The zero-order valence-electron chi connectivity index (χ0n) is 14.9. The highest BCUT2D eigenvalue weighted by molar-refractivity contribution is 5.91. The number of carbonyl (C=O) groups is 1. The summed E-state index contributed by atoms with van der Waals surface area (Å²) in [4.78, 5) is 14.3. The van der Waals surface area contributed by atoms with Crippen LogP contribution in [-0.2, 0) is 0 Å². The van der Waals surface area contributed by atoms with Crippen molar-refractivity contribution in [1.29, 1.82) is 0 Å². The molecule has 0 fully saturated rings. The van der Waals surface area contributed by atoms with Crippen LogP contribution >= 0.6 is 0 Å². The van der Waals surface area contributed by atoms with Crippen molar-refractivity contribution in [3.63, 3.8) is 0 Å². The number of carbonyl (C=O) groups excluding carboxylic acids is 1. The summed E-state index contributed by atoms with van der Waals surface area (Å²) < 4.78 is 0. The summed E-state index contributed by atoms with van der Waals surface area (Å²) in [6.45, 7) is 8.21. The average molecular weight is 359 g/mol. The van der Waals surface area contributed by atoms with Gasteiger partial charge in [0.1, 0.15) is 0 Å². The lowest BCUT2D eigenvalue weighted by Gasteiger charge is -2.22. The largest absolute Gasteiger partial charge is 1.00 e. The molecule has 0 radical (unpaired) electrons. The number of halogens is 1. The summed E-state index contributed by atoms with van der Waals surface area (Å²) in [5, 5.41) is 5.60. The first-order valence-electron chi connectivity index (χ1n) is 8.28. The van der Waals surface area contributed by atoms with Crippen LogP contribution in [0, 0.1) is 6.92 Å². The van der Waals surface area contributed by atoms with E-state index < -0.39 is 0 Å². The Labute approximate surface area is 156 Å². The number of benzene rings is 2. The second-order valence-corrected chi connectivity index (χ2v) is 5.51. The van der Waals surface area contributed by atoms with E-state index in [0.717, 1.165) is 29.9 Å². The third-order valence-corrected chi connectivity index (χ3v) is 3.88. The molecule has 134 valence electrons. The lowest BCUT2D eigenvalue weighted by atomic mass is 10.1. The number of rotatable bonds is 6. The highest BCUT2D eigenvalue weighted by Gasteiger charge is 2.06. The maximum atomic E-state index is 12.0. The molecule has 2 amide bonds. The third kappa shape index (κ3) is 6.16. The topological polar surface area (TPSA) is 44.4 Å². The first-order chi connectivity index (χ1) is 11.6. The van der Waals surface area contributed by atoms with Gasteiger partial charge in [0, 0.05) is 30.7 Å². The van der Waals surface area contributed by atoms with Crippen LogP contribution in [0.15, 0.2) is 54.7 Å². The van der Waals surface area contributed by atoms with Gasteiger partial charge in [-0.1, -0.05) is 30.3 Å². The Morgan fingerprint density at radius 1 is 1.08 bits per heavy atom. The fourth-order valence-corrected chi connectivity index (χ4v) is 2.51. The second kappa shape index (κ2) is 10.4. The van der Waals surface area contributed by atoms with Gasteiger partial charge < -0.3 is 27.9 Å². The average Bonchev–Trinajstić information content (AvgIpc) is 2.59. The van der Waals surface area contributed by atoms with Crippen molar-refractivity contribution < 1.29 is 17.2 Å². The molecule has 0 heterocycles. The van der Waals surface area contributed by atoms with Gasteiger partial charge in [-0.3, -0.25) is 0 Å². The molecule has 25 heavy (non-hydrogen) atoms. The van der Waals surface area contributed by atoms with E-state index in [1.165, 1.54) is 5.69 Å². The second-order valence-electron chi connectivity index (χ2n) is 5.51. The minimum Gasteiger partial charge on any atom is -1.00 e. The van der Waals surface area contributed by atoms with Crippen LogP contribution in [0.1, 0.15) is 25.0 Å². The molecule has 0 unspecified atom stereocenters. The van der Waals surface area contributed by atoms with Gasteiger partial charge in [-0.15, -0.1) is 0 Å². The predicted molar refractivity (Wildman–Crippen MR) is 102 cm³/mol. The fourth-order valence-electron chi connectivity index (χ4n) is 2.51. The number of nitrogens with zero attached hydrogens (tertiary/aromatic N) is 1. The normalized spacial score (nSPS) is 10.2. The number of nitrogens with one attached hydrogen (secondary N) is 2. The van der Waals surface area contributed by atoms with Gasteiger partial charge in [-0.2, -0.15) is 0 Å². The summed E-state index contributed by atoms with van der Waals surface area (Å²) >= 11 is 0. The molecule has 0 saturated heterocycles. The van der Waals surface area contributed by atoms with Crippen molar-refractivity contribution in [2.75, 3.05) is 23.3 Å². The standard InChI is InChI=1S/C20H25N3O.ClH/c1-4-23(5-2)18-11-12-19(16(3)15-18)22-20(24)21-14-13-17-9-7-6-8-10-17;/h6-15H,4-5H2,1-3H3,(H2,21,22,24);1H/p-1/b14-13+;. The summed E-state index contributed by atoms with van der Waals surface area (Å²) in [5.41, 5.74) is 4.07. The Morgan fingerprint density at radius 2 is 1.76 bits per heavy atom. The number of anilines is 2. The lowest BCUT2D eigenvalue weighted by Crippen LogP contribution is -3.00. The molecule has 5 heteroatoms. The molecule has 0 aliphatic rings. The van der Waals surface area contributed by atoms with Crippen molar-refractivity contribution in [1.82, 2.24) is 5.32 Å². The van der Waals surface area contributed by atoms with Crippen molar-refractivity contribution in [2.45, 2.75) is 20.8 Å². The number of hydrogen-bond acceptors (Lipinski definition) is 2. The van der Waals surface area contributed by atoms with Crippen molar-refractivity contribution in [3.8, 4) is 0 Å². The Kier molecular flexibility index (Phi) is 8.57. The van der Waals surface area contributed by atoms with E-state index >= 15 is 0 Å². The number of urea groups is 1. The molecule has 2 rings (SSSR count). The Morgan fingerprint density at radius 3 is 2.36 bits per heavy atom. The summed E-state index contributed by atoms with van der Waals surface area (Å²) in [6, 6.07) is 15.7. The van der Waals surface area contributed by atoms with Crippen LogP contribution in [0.25, 0.3) is 6.08 Å². The Balaban J connectivity index is 0.00000312. The maximum absolute atomic E-state index is 12.0. The summed E-state index contributed by atoms with van der Waals surface area (Å²) in [7, 11) is 0. The molecular weight excluding hydrogens is 334 g/mol. The quantitative estimate of drug-likeness (QED) is 0.824. The van der Waals surface area contributed by atoms with E-state index in [2.05, 4.69) is 35.4 Å². The minimum atomic E-state index is -0.249. The van der Waals surface area contributed by atoms with E-state index in [0.29, 0.717) is 0 Å². The zero-order valence-corrected chi connectivity index (χ0v) is 15.7. The van der Waals surface area contributed by atoms with Gasteiger partial charge in [0.25, 0.3) is 0 Å². The molecule has 0 atom stereocenters. The Bertz CT molecular complexity index is 697. The third-order valence-electron chi connectivity index (χ3n) is 3.88. The van der Waals surface area contributed by atoms with Crippen molar-refractivity contribution in [2.24, 2.45) is 0 Å². The molecule has 0 aliphatic heterocycles. The van der Waals surface area contributed by atoms with Crippen molar-refractivity contribution in [3.05, 3.63) is 65.9 Å². The van der Waals surface area contributed by atoms with Crippen LogP contribution in [0.3, 0.4) is 0 Å². The first kappa shape index (κ1) is 20.6. The lowest BCUT2D eigenvalue weighted by molar-refractivity contribution is -0.00000807. The number of amides is 2. The molecule has 0 aromatic heterocycles. The van der Waals surface area contributed by atoms with Crippen LogP contribution < -0.4 is 27.9 Å². The Hall–Kier alpha value is -2.46. The summed E-state index contributed by atoms with van der Waals surface area (Å²) in [6.07, 6.45) is 3.50. The van der Waals surface area contributed by atoms with Gasteiger partial charge in [-0.25, -0.2) is 4.79 Å². The van der Waals surface area contributed by atoms with E-state index in [9.17, 15) is 4.79 Å². The molecule has 0 bridgehead atoms. The van der Waals surface area contributed by atoms with Crippen molar-refractivity contribution >= 4 is 23.5 Å². The molecule has 0 aliphatic carbocycles. The van der Waals surface area contributed by atoms with Gasteiger partial charge in [0.15, 0.2) is 0 Å². The molecular formula is C20H25ClN3O-.